The topological polar surface area (TPSA) is 33.6 Å². The van der Waals surface area contributed by atoms with Gasteiger partial charge in [-0.15, -0.1) is 0 Å². The standard InChI is InChI=1S/C37H23N3/c38-24-26-11-1-2-14-28(26)25-12-9-13-27(23-25)39-33-19-6-5-17-31(33)32-18-10-22-36(37(32)39)40-34-20-7-3-15-29(34)30-16-4-8-21-35(30)40/h1-23H. The maximum atomic E-state index is 9.77. The fourth-order valence-corrected chi connectivity index (χ4v) is 6.28. The number of fused-ring (bicyclic) bond motifs is 6. The molecule has 0 radical (unpaired) electrons. The van der Waals surface area contributed by atoms with Gasteiger partial charge >= 0.3 is 0 Å². The van der Waals surface area contributed by atoms with Crippen molar-refractivity contribution in [3.05, 3.63) is 145 Å². The molecular weight excluding hydrogens is 486 g/mol. The highest BCUT2D eigenvalue weighted by molar-refractivity contribution is 6.15. The lowest BCUT2D eigenvalue weighted by Gasteiger charge is -2.15. The number of rotatable bonds is 3. The van der Waals surface area contributed by atoms with Crippen molar-refractivity contribution in [2.75, 3.05) is 0 Å². The number of nitriles is 1. The third-order valence-corrected chi connectivity index (χ3v) is 7.96. The Labute approximate surface area is 231 Å². The van der Waals surface area contributed by atoms with Crippen molar-refractivity contribution in [2.24, 2.45) is 0 Å². The first-order valence-electron chi connectivity index (χ1n) is 13.4. The number of aromatic nitrogens is 2. The van der Waals surface area contributed by atoms with Gasteiger partial charge in [0.1, 0.15) is 0 Å². The third-order valence-electron chi connectivity index (χ3n) is 7.96. The van der Waals surface area contributed by atoms with Crippen LogP contribution in [0.1, 0.15) is 5.56 Å². The Balaban J connectivity index is 1.50. The Morgan fingerprint density at radius 1 is 0.475 bits per heavy atom. The lowest BCUT2D eigenvalue weighted by molar-refractivity contribution is 1.13. The van der Waals surface area contributed by atoms with Gasteiger partial charge in [-0.05, 0) is 53.6 Å². The molecule has 8 rings (SSSR count). The molecule has 6 aromatic carbocycles. The molecule has 40 heavy (non-hydrogen) atoms. The summed E-state index contributed by atoms with van der Waals surface area (Å²) in [5, 5.41) is 14.7. The summed E-state index contributed by atoms with van der Waals surface area (Å²) in [5.41, 5.74) is 9.50. The second kappa shape index (κ2) is 8.73. The van der Waals surface area contributed by atoms with E-state index in [9.17, 15) is 5.26 Å². The van der Waals surface area contributed by atoms with E-state index in [2.05, 4.69) is 130 Å². The van der Waals surface area contributed by atoms with E-state index in [0.29, 0.717) is 5.56 Å². The molecular formula is C37H23N3. The number of hydrogen-bond donors (Lipinski definition) is 0. The SMILES string of the molecule is N#Cc1ccccc1-c1cccc(-n2c3ccccc3c3cccc(-n4c5ccccc5c5ccccc54)c32)c1. The molecule has 0 aliphatic rings. The number of benzene rings is 6. The van der Waals surface area contributed by atoms with Crippen LogP contribution in [0.25, 0.3) is 66.1 Å². The van der Waals surface area contributed by atoms with Crippen LogP contribution in [-0.2, 0) is 0 Å². The van der Waals surface area contributed by atoms with E-state index in [-0.39, 0.29) is 0 Å². The van der Waals surface area contributed by atoms with Gasteiger partial charge in [-0.3, -0.25) is 0 Å². The van der Waals surface area contributed by atoms with Crippen LogP contribution < -0.4 is 0 Å². The third kappa shape index (κ3) is 3.17. The van der Waals surface area contributed by atoms with E-state index in [1.165, 1.54) is 32.6 Å². The summed E-state index contributed by atoms with van der Waals surface area (Å²) in [6.07, 6.45) is 0. The van der Waals surface area contributed by atoms with E-state index in [1.807, 2.05) is 24.3 Å². The van der Waals surface area contributed by atoms with Gasteiger partial charge in [0.2, 0.25) is 0 Å². The molecule has 186 valence electrons. The van der Waals surface area contributed by atoms with E-state index in [1.54, 1.807) is 0 Å². The predicted molar refractivity (Wildman–Crippen MR) is 165 cm³/mol. The van der Waals surface area contributed by atoms with Crippen LogP contribution in [0, 0.1) is 11.3 Å². The van der Waals surface area contributed by atoms with Crippen LogP contribution in [0.15, 0.2) is 140 Å². The van der Waals surface area contributed by atoms with Gasteiger partial charge in [0.25, 0.3) is 0 Å². The second-order valence-corrected chi connectivity index (χ2v) is 10.1. The largest absolute Gasteiger partial charge is 0.307 e. The van der Waals surface area contributed by atoms with Crippen molar-refractivity contribution < 1.29 is 0 Å². The van der Waals surface area contributed by atoms with Crippen LogP contribution in [0.2, 0.25) is 0 Å². The highest BCUT2D eigenvalue weighted by atomic mass is 15.1. The molecule has 0 aliphatic heterocycles. The van der Waals surface area contributed by atoms with E-state index in [0.717, 1.165) is 33.5 Å². The fourth-order valence-electron chi connectivity index (χ4n) is 6.28. The highest BCUT2D eigenvalue weighted by Gasteiger charge is 2.19. The summed E-state index contributed by atoms with van der Waals surface area (Å²) in [6.45, 7) is 0. The lowest BCUT2D eigenvalue weighted by Crippen LogP contribution is -2.01. The summed E-state index contributed by atoms with van der Waals surface area (Å²) in [6, 6.07) is 51.2. The van der Waals surface area contributed by atoms with Crippen molar-refractivity contribution in [1.29, 1.82) is 5.26 Å². The maximum Gasteiger partial charge on any atom is 0.0998 e. The fraction of sp³-hybridized carbons (Fsp3) is 0. The van der Waals surface area contributed by atoms with Crippen LogP contribution in [0.3, 0.4) is 0 Å². The van der Waals surface area contributed by atoms with Crippen LogP contribution in [0.4, 0.5) is 0 Å². The summed E-state index contributed by atoms with van der Waals surface area (Å²) in [5.74, 6) is 0. The first kappa shape index (κ1) is 22.4. The molecule has 0 amide bonds. The first-order valence-corrected chi connectivity index (χ1v) is 13.4. The molecule has 0 atom stereocenters. The predicted octanol–water partition coefficient (Wildman–Crippen LogP) is 9.42. The van der Waals surface area contributed by atoms with E-state index >= 15 is 0 Å². The number of hydrogen-bond acceptors (Lipinski definition) is 1. The van der Waals surface area contributed by atoms with Gasteiger partial charge < -0.3 is 9.13 Å². The molecule has 2 heterocycles. The zero-order chi connectivity index (χ0) is 26.6. The normalized spacial score (nSPS) is 11.5. The van der Waals surface area contributed by atoms with Crippen LogP contribution in [0.5, 0.6) is 0 Å². The molecule has 8 aromatic rings. The lowest BCUT2D eigenvalue weighted by atomic mass is 10.00. The summed E-state index contributed by atoms with van der Waals surface area (Å²) in [7, 11) is 0. The molecule has 0 fully saturated rings. The number of nitrogens with zero attached hydrogens (tertiary/aromatic N) is 3. The molecule has 0 N–H and O–H groups in total. The average Bonchev–Trinajstić information content (AvgIpc) is 3.54. The summed E-state index contributed by atoms with van der Waals surface area (Å²) >= 11 is 0. The molecule has 3 nitrogen and oxygen atoms in total. The number of para-hydroxylation sites is 4. The van der Waals surface area contributed by atoms with E-state index < -0.39 is 0 Å². The Kier molecular flexibility index (Phi) is 4.89. The molecule has 3 heteroatoms. The smallest absolute Gasteiger partial charge is 0.0998 e. The molecule has 0 spiro atoms. The first-order chi connectivity index (χ1) is 19.8. The monoisotopic (exact) mass is 509 g/mol. The molecule has 0 saturated heterocycles. The van der Waals surface area contributed by atoms with Gasteiger partial charge in [0.05, 0.1) is 39.4 Å². The van der Waals surface area contributed by atoms with Crippen LogP contribution >= 0.6 is 0 Å². The Hall–Kier alpha value is -5.59. The molecule has 0 unspecified atom stereocenters. The van der Waals surface area contributed by atoms with Gasteiger partial charge in [0, 0.05) is 27.2 Å². The molecule has 0 bridgehead atoms. The van der Waals surface area contributed by atoms with Gasteiger partial charge in [-0.25, -0.2) is 0 Å². The molecule has 0 aliphatic carbocycles. The van der Waals surface area contributed by atoms with Crippen molar-refractivity contribution in [2.45, 2.75) is 0 Å². The van der Waals surface area contributed by atoms with Gasteiger partial charge in [-0.1, -0.05) is 97.1 Å². The maximum absolute atomic E-state index is 9.77. The zero-order valence-corrected chi connectivity index (χ0v) is 21.6. The van der Waals surface area contributed by atoms with Crippen molar-refractivity contribution in [3.63, 3.8) is 0 Å². The van der Waals surface area contributed by atoms with Crippen molar-refractivity contribution >= 4 is 43.6 Å². The van der Waals surface area contributed by atoms with Crippen molar-refractivity contribution in [3.8, 4) is 28.6 Å². The Morgan fingerprint density at radius 2 is 1.02 bits per heavy atom. The second-order valence-electron chi connectivity index (χ2n) is 10.1. The van der Waals surface area contributed by atoms with Gasteiger partial charge in [-0.2, -0.15) is 5.26 Å². The Bertz CT molecular complexity index is 2240. The van der Waals surface area contributed by atoms with Gasteiger partial charge in [0.15, 0.2) is 0 Å². The zero-order valence-electron chi connectivity index (χ0n) is 21.6. The average molecular weight is 510 g/mol. The van der Waals surface area contributed by atoms with Crippen LogP contribution in [-0.4, -0.2) is 9.13 Å². The van der Waals surface area contributed by atoms with Crippen molar-refractivity contribution in [1.82, 2.24) is 9.13 Å². The minimum absolute atomic E-state index is 0.674. The highest BCUT2D eigenvalue weighted by Crippen LogP contribution is 2.40. The summed E-state index contributed by atoms with van der Waals surface area (Å²) in [4.78, 5) is 0. The molecule has 2 aromatic heterocycles. The quantitative estimate of drug-likeness (QED) is 0.233. The van der Waals surface area contributed by atoms with E-state index in [4.69, 9.17) is 0 Å². The Morgan fingerprint density at radius 3 is 1.73 bits per heavy atom. The minimum Gasteiger partial charge on any atom is -0.307 e. The minimum atomic E-state index is 0.674. The summed E-state index contributed by atoms with van der Waals surface area (Å²) < 4.78 is 4.78. The molecule has 0 saturated carbocycles.